The Bertz CT molecular complexity index is 846. The lowest BCUT2D eigenvalue weighted by molar-refractivity contribution is 0.322. The molecule has 0 amide bonds. The van der Waals surface area contributed by atoms with E-state index in [2.05, 4.69) is 78.3 Å². The zero-order valence-electron chi connectivity index (χ0n) is 20.0. The highest BCUT2D eigenvalue weighted by Gasteiger charge is 2.53. The van der Waals surface area contributed by atoms with Gasteiger partial charge < -0.3 is 0 Å². The van der Waals surface area contributed by atoms with Gasteiger partial charge in [-0.25, -0.2) is 0 Å². The van der Waals surface area contributed by atoms with Crippen molar-refractivity contribution >= 4 is 11.3 Å². The van der Waals surface area contributed by atoms with E-state index in [4.69, 9.17) is 0 Å². The standard InChI is InChI=1S/C28H40S/c1-9-27(10-2)17-25(5,6)23-20(27)15-21-24(22(23)19-13-14-29-16-19)26(7,8)18-28(21,11-3)12-4/h13-16H,9-12,17-18H2,1-8H3. The van der Waals surface area contributed by atoms with Gasteiger partial charge >= 0.3 is 0 Å². The largest absolute Gasteiger partial charge is 0.152 e. The molecule has 1 aromatic heterocycles. The molecule has 1 heteroatoms. The molecule has 0 bridgehead atoms. The first-order chi connectivity index (χ1) is 13.6. The maximum Gasteiger partial charge on any atom is -0.00145 e. The van der Waals surface area contributed by atoms with Gasteiger partial charge in [-0.15, -0.1) is 0 Å². The SMILES string of the molecule is CCC1(CC)CC(C)(C)c2c1cc1c(c2-c2ccsc2)C(C)(C)CC1(CC)CC. The second-order valence-electron chi connectivity index (χ2n) is 11.2. The highest BCUT2D eigenvalue weighted by atomic mass is 32.1. The Morgan fingerprint density at radius 3 is 1.55 bits per heavy atom. The van der Waals surface area contributed by atoms with E-state index in [1.165, 1.54) is 44.1 Å². The second kappa shape index (κ2) is 6.71. The molecule has 0 saturated heterocycles. The molecule has 0 nitrogen and oxygen atoms in total. The molecule has 0 spiro atoms. The molecular weight excluding hydrogens is 368 g/mol. The van der Waals surface area contributed by atoms with Gasteiger partial charge in [0.1, 0.15) is 0 Å². The zero-order valence-corrected chi connectivity index (χ0v) is 20.8. The van der Waals surface area contributed by atoms with E-state index in [1.54, 1.807) is 27.8 Å². The number of hydrogen-bond acceptors (Lipinski definition) is 1. The fourth-order valence-corrected chi connectivity index (χ4v) is 8.09. The molecule has 2 aromatic rings. The molecule has 0 unspecified atom stereocenters. The Labute approximate surface area is 183 Å². The van der Waals surface area contributed by atoms with Crippen LogP contribution in [0.4, 0.5) is 0 Å². The summed E-state index contributed by atoms with van der Waals surface area (Å²) in [5, 5.41) is 4.67. The van der Waals surface area contributed by atoms with Crippen LogP contribution in [0.2, 0.25) is 0 Å². The van der Waals surface area contributed by atoms with Gasteiger partial charge in [-0.3, -0.25) is 0 Å². The minimum atomic E-state index is 0.230. The first kappa shape index (κ1) is 21.2. The van der Waals surface area contributed by atoms with Crippen LogP contribution in [0.25, 0.3) is 11.1 Å². The molecule has 0 atom stereocenters. The van der Waals surface area contributed by atoms with E-state index in [1.807, 2.05) is 11.3 Å². The molecule has 2 aliphatic carbocycles. The Kier molecular flexibility index (Phi) is 4.90. The van der Waals surface area contributed by atoms with E-state index in [-0.39, 0.29) is 10.8 Å². The summed E-state index contributed by atoms with van der Waals surface area (Å²) in [7, 11) is 0. The number of rotatable bonds is 5. The normalized spacial score (nSPS) is 22.5. The molecule has 0 N–H and O–H groups in total. The van der Waals surface area contributed by atoms with E-state index < -0.39 is 0 Å². The van der Waals surface area contributed by atoms with E-state index >= 15 is 0 Å². The van der Waals surface area contributed by atoms with Gasteiger partial charge in [-0.2, -0.15) is 11.3 Å². The van der Waals surface area contributed by atoms with Crippen LogP contribution < -0.4 is 0 Å². The van der Waals surface area contributed by atoms with Gasteiger partial charge in [0.05, 0.1) is 0 Å². The lowest BCUT2D eigenvalue weighted by Crippen LogP contribution is -2.25. The third-order valence-electron chi connectivity index (χ3n) is 8.90. The summed E-state index contributed by atoms with van der Waals surface area (Å²) < 4.78 is 0. The summed E-state index contributed by atoms with van der Waals surface area (Å²) in [5.74, 6) is 0. The minimum absolute atomic E-state index is 0.230. The molecular formula is C28H40S. The van der Waals surface area contributed by atoms with E-state index in [9.17, 15) is 0 Å². The van der Waals surface area contributed by atoms with Crippen molar-refractivity contribution in [2.45, 2.75) is 116 Å². The first-order valence-electron chi connectivity index (χ1n) is 11.9. The molecule has 0 radical (unpaired) electrons. The van der Waals surface area contributed by atoms with Gasteiger partial charge in [0.15, 0.2) is 0 Å². The Balaban J connectivity index is 2.19. The molecule has 0 aliphatic heterocycles. The smallest absolute Gasteiger partial charge is 0.00145 e. The average Bonchev–Trinajstić information content (AvgIpc) is 3.35. The molecule has 1 heterocycles. The Hall–Kier alpha value is -1.08. The maximum atomic E-state index is 2.73. The third kappa shape index (κ3) is 2.75. The highest BCUT2D eigenvalue weighted by Crippen LogP contribution is 2.63. The zero-order chi connectivity index (χ0) is 21.2. The molecule has 1 aromatic carbocycles. The number of thiophene rings is 1. The Morgan fingerprint density at radius 2 is 1.21 bits per heavy atom. The molecule has 29 heavy (non-hydrogen) atoms. The molecule has 0 saturated carbocycles. The predicted molar refractivity (Wildman–Crippen MR) is 130 cm³/mol. The lowest BCUT2D eigenvalue weighted by Gasteiger charge is -2.32. The van der Waals surface area contributed by atoms with E-state index in [0.29, 0.717) is 10.8 Å². The summed E-state index contributed by atoms with van der Waals surface area (Å²) in [4.78, 5) is 0. The van der Waals surface area contributed by atoms with Gasteiger partial charge in [0, 0.05) is 0 Å². The summed E-state index contributed by atoms with van der Waals surface area (Å²) in [5.41, 5.74) is 10.9. The van der Waals surface area contributed by atoms with Crippen molar-refractivity contribution in [1.82, 2.24) is 0 Å². The number of fused-ring (bicyclic) bond motifs is 2. The van der Waals surface area contributed by atoms with Crippen molar-refractivity contribution in [3.05, 3.63) is 45.1 Å². The van der Waals surface area contributed by atoms with Crippen molar-refractivity contribution in [2.24, 2.45) is 0 Å². The van der Waals surface area contributed by atoms with Crippen LogP contribution in [0.15, 0.2) is 22.9 Å². The monoisotopic (exact) mass is 408 g/mol. The molecule has 158 valence electrons. The van der Waals surface area contributed by atoms with Gasteiger partial charge in [-0.05, 0) is 110 Å². The van der Waals surface area contributed by atoms with Crippen molar-refractivity contribution in [3.8, 4) is 11.1 Å². The van der Waals surface area contributed by atoms with Crippen molar-refractivity contribution in [2.75, 3.05) is 0 Å². The van der Waals surface area contributed by atoms with Crippen LogP contribution in [-0.4, -0.2) is 0 Å². The highest BCUT2D eigenvalue weighted by molar-refractivity contribution is 7.08. The van der Waals surface area contributed by atoms with Crippen LogP contribution in [0.1, 0.15) is 116 Å². The lowest BCUT2D eigenvalue weighted by atomic mass is 9.72. The van der Waals surface area contributed by atoms with Crippen LogP contribution >= 0.6 is 11.3 Å². The topological polar surface area (TPSA) is 0 Å². The average molecular weight is 409 g/mol. The third-order valence-corrected chi connectivity index (χ3v) is 9.58. The fourth-order valence-electron chi connectivity index (χ4n) is 7.44. The summed E-state index contributed by atoms with van der Waals surface area (Å²) >= 11 is 1.85. The Morgan fingerprint density at radius 1 is 0.759 bits per heavy atom. The van der Waals surface area contributed by atoms with Crippen LogP contribution in [-0.2, 0) is 21.7 Å². The minimum Gasteiger partial charge on any atom is -0.152 e. The first-order valence-corrected chi connectivity index (χ1v) is 12.8. The van der Waals surface area contributed by atoms with Gasteiger partial charge in [-0.1, -0.05) is 61.5 Å². The van der Waals surface area contributed by atoms with Gasteiger partial charge in [0.2, 0.25) is 0 Å². The van der Waals surface area contributed by atoms with Crippen LogP contribution in [0.5, 0.6) is 0 Å². The van der Waals surface area contributed by atoms with Crippen molar-refractivity contribution < 1.29 is 0 Å². The molecule has 0 fully saturated rings. The molecule has 4 rings (SSSR count). The van der Waals surface area contributed by atoms with Crippen LogP contribution in [0.3, 0.4) is 0 Å². The van der Waals surface area contributed by atoms with Crippen molar-refractivity contribution in [3.63, 3.8) is 0 Å². The number of hydrogen-bond donors (Lipinski definition) is 0. The summed E-state index contributed by atoms with van der Waals surface area (Å²) in [6, 6.07) is 5.10. The maximum absolute atomic E-state index is 2.73. The van der Waals surface area contributed by atoms with Crippen molar-refractivity contribution in [1.29, 1.82) is 0 Å². The quantitative estimate of drug-likeness (QED) is 0.463. The van der Waals surface area contributed by atoms with Crippen LogP contribution in [0, 0.1) is 0 Å². The summed E-state index contributed by atoms with van der Waals surface area (Å²) in [6.45, 7) is 19.7. The number of benzene rings is 1. The van der Waals surface area contributed by atoms with E-state index in [0.717, 1.165) is 0 Å². The molecule has 2 aliphatic rings. The second-order valence-corrected chi connectivity index (χ2v) is 12.0. The predicted octanol–water partition coefficient (Wildman–Crippen LogP) is 8.89. The van der Waals surface area contributed by atoms with Gasteiger partial charge in [0.25, 0.3) is 0 Å². The summed E-state index contributed by atoms with van der Waals surface area (Å²) in [6.07, 6.45) is 7.56. The fraction of sp³-hybridized carbons (Fsp3) is 0.643.